The molecule has 1 heterocycles. The number of hydrogen-bond acceptors (Lipinski definition) is 6. The SMILES string of the molecule is CC(O)c1noc(-c2c(F)ccc([N+](=O)[O-])c2F)n1. The maximum atomic E-state index is 13.8. The van der Waals surface area contributed by atoms with E-state index in [4.69, 9.17) is 0 Å². The number of nitro benzene ring substituents is 1. The molecule has 2 aromatic rings. The zero-order valence-electron chi connectivity index (χ0n) is 9.50. The molecule has 100 valence electrons. The summed E-state index contributed by atoms with van der Waals surface area (Å²) in [5.41, 5.74) is -1.71. The van der Waals surface area contributed by atoms with Gasteiger partial charge in [0.15, 0.2) is 5.82 Å². The first kappa shape index (κ1) is 13.0. The second-order valence-corrected chi connectivity index (χ2v) is 3.65. The van der Waals surface area contributed by atoms with Crippen LogP contribution >= 0.6 is 0 Å². The van der Waals surface area contributed by atoms with Crippen LogP contribution in [0.5, 0.6) is 0 Å². The Labute approximate surface area is 104 Å². The highest BCUT2D eigenvalue weighted by Crippen LogP contribution is 2.31. The molecule has 0 bridgehead atoms. The third-order valence-electron chi connectivity index (χ3n) is 2.30. The first-order valence-corrected chi connectivity index (χ1v) is 5.06. The Morgan fingerprint density at radius 2 is 2.16 bits per heavy atom. The number of aliphatic hydroxyl groups excluding tert-OH is 1. The molecule has 0 aliphatic rings. The number of rotatable bonds is 3. The Morgan fingerprint density at radius 3 is 2.68 bits per heavy atom. The molecule has 0 fully saturated rings. The molecule has 1 atom stereocenters. The van der Waals surface area contributed by atoms with Crippen LogP contribution in [0.1, 0.15) is 18.9 Å². The van der Waals surface area contributed by atoms with Gasteiger partial charge in [-0.05, 0) is 13.0 Å². The van der Waals surface area contributed by atoms with Crippen molar-refractivity contribution in [2.75, 3.05) is 0 Å². The molecule has 7 nitrogen and oxygen atoms in total. The van der Waals surface area contributed by atoms with E-state index in [1.54, 1.807) is 0 Å². The number of halogens is 2. The Kier molecular flexibility index (Phi) is 3.21. The van der Waals surface area contributed by atoms with Crippen LogP contribution in [0.2, 0.25) is 0 Å². The lowest BCUT2D eigenvalue weighted by atomic mass is 10.1. The highest BCUT2D eigenvalue weighted by atomic mass is 19.1. The summed E-state index contributed by atoms with van der Waals surface area (Å²) in [4.78, 5) is 13.1. The fourth-order valence-corrected chi connectivity index (χ4v) is 1.38. The van der Waals surface area contributed by atoms with Gasteiger partial charge in [-0.3, -0.25) is 10.1 Å². The Hall–Kier alpha value is -2.42. The van der Waals surface area contributed by atoms with Crippen molar-refractivity contribution in [3.8, 4) is 11.5 Å². The maximum Gasteiger partial charge on any atom is 0.305 e. The van der Waals surface area contributed by atoms with Gasteiger partial charge in [0.1, 0.15) is 17.5 Å². The van der Waals surface area contributed by atoms with E-state index in [9.17, 15) is 24.0 Å². The van der Waals surface area contributed by atoms with Gasteiger partial charge in [0.2, 0.25) is 5.82 Å². The maximum absolute atomic E-state index is 13.8. The topological polar surface area (TPSA) is 102 Å². The number of hydrogen-bond donors (Lipinski definition) is 1. The van der Waals surface area contributed by atoms with E-state index in [1.165, 1.54) is 6.92 Å². The van der Waals surface area contributed by atoms with Crippen molar-refractivity contribution < 1.29 is 23.3 Å². The molecule has 0 amide bonds. The van der Waals surface area contributed by atoms with Gasteiger partial charge in [-0.2, -0.15) is 9.37 Å². The van der Waals surface area contributed by atoms with Gasteiger partial charge in [-0.1, -0.05) is 5.16 Å². The molecule has 19 heavy (non-hydrogen) atoms. The second kappa shape index (κ2) is 4.69. The van der Waals surface area contributed by atoms with E-state index in [-0.39, 0.29) is 5.82 Å². The monoisotopic (exact) mass is 271 g/mol. The summed E-state index contributed by atoms with van der Waals surface area (Å²) in [5.74, 6) is -3.25. The predicted molar refractivity (Wildman–Crippen MR) is 56.9 cm³/mol. The van der Waals surface area contributed by atoms with E-state index in [0.717, 1.165) is 6.07 Å². The third-order valence-corrected chi connectivity index (χ3v) is 2.30. The molecular weight excluding hydrogens is 264 g/mol. The van der Waals surface area contributed by atoms with Crippen LogP contribution in [0.3, 0.4) is 0 Å². The van der Waals surface area contributed by atoms with Gasteiger partial charge in [0, 0.05) is 6.07 Å². The van der Waals surface area contributed by atoms with Crippen molar-refractivity contribution >= 4 is 5.69 Å². The van der Waals surface area contributed by atoms with E-state index >= 15 is 0 Å². The average molecular weight is 271 g/mol. The number of benzene rings is 1. The minimum absolute atomic E-state index is 0.180. The molecule has 1 unspecified atom stereocenters. The molecule has 1 aromatic heterocycles. The molecule has 0 aliphatic carbocycles. The third kappa shape index (κ3) is 2.27. The van der Waals surface area contributed by atoms with Gasteiger partial charge in [-0.15, -0.1) is 0 Å². The van der Waals surface area contributed by atoms with E-state index in [2.05, 4.69) is 14.7 Å². The van der Waals surface area contributed by atoms with Crippen LogP contribution in [0.25, 0.3) is 11.5 Å². The molecule has 1 N–H and O–H groups in total. The van der Waals surface area contributed by atoms with Crippen molar-refractivity contribution in [2.45, 2.75) is 13.0 Å². The van der Waals surface area contributed by atoms with Gasteiger partial charge in [0.05, 0.1) is 4.92 Å². The molecule has 9 heteroatoms. The van der Waals surface area contributed by atoms with Crippen LogP contribution in [0, 0.1) is 21.7 Å². The number of aromatic nitrogens is 2. The van der Waals surface area contributed by atoms with Crippen molar-refractivity contribution in [3.05, 3.63) is 39.7 Å². The lowest BCUT2D eigenvalue weighted by Crippen LogP contribution is -1.98. The second-order valence-electron chi connectivity index (χ2n) is 3.65. The minimum atomic E-state index is -1.41. The zero-order chi connectivity index (χ0) is 14.2. The van der Waals surface area contributed by atoms with Gasteiger partial charge in [0.25, 0.3) is 5.89 Å². The van der Waals surface area contributed by atoms with E-state index < -0.39 is 39.8 Å². The minimum Gasteiger partial charge on any atom is -0.385 e. The summed E-state index contributed by atoms with van der Waals surface area (Å²) in [7, 11) is 0. The Morgan fingerprint density at radius 1 is 1.47 bits per heavy atom. The average Bonchev–Trinajstić information content (AvgIpc) is 2.78. The van der Waals surface area contributed by atoms with E-state index in [1.807, 2.05) is 0 Å². The molecule has 0 aliphatic heterocycles. The molecule has 0 saturated carbocycles. The van der Waals surface area contributed by atoms with Gasteiger partial charge >= 0.3 is 5.69 Å². The number of nitrogens with zero attached hydrogens (tertiary/aromatic N) is 3. The summed E-state index contributed by atoms with van der Waals surface area (Å²) in [6, 6.07) is 1.42. The molecule has 0 saturated heterocycles. The Bertz CT molecular complexity index is 642. The highest BCUT2D eigenvalue weighted by molar-refractivity contribution is 5.60. The molecule has 2 rings (SSSR count). The summed E-state index contributed by atoms with van der Waals surface area (Å²) >= 11 is 0. The molecular formula is C10H7F2N3O4. The van der Waals surface area contributed by atoms with E-state index in [0.29, 0.717) is 6.07 Å². The van der Waals surface area contributed by atoms with Crippen LogP contribution in [0.4, 0.5) is 14.5 Å². The van der Waals surface area contributed by atoms with Crippen molar-refractivity contribution in [1.82, 2.24) is 10.1 Å². The summed E-state index contributed by atoms with van der Waals surface area (Å²) in [6.45, 7) is 1.33. The van der Waals surface area contributed by atoms with Gasteiger partial charge in [-0.25, -0.2) is 4.39 Å². The quantitative estimate of drug-likeness (QED) is 0.676. The molecule has 1 aromatic carbocycles. The fraction of sp³-hybridized carbons (Fsp3) is 0.200. The first-order valence-electron chi connectivity index (χ1n) is 5.06. The largest absolute Gasteiger partial charge is 0.385 e. The predicted octanol–water partition coefficient (Wildman–Crippen LogP) is 1.98. The lowest BCUT2D eigenvalue weighted by Gasteiger charge is -2.00. The first-order chi connectivity index (χ1) is 8.91. The Balaban J connectivity index is 2.60. The lowest BCUT2D eigenvalue weighted by molar-refractivity contribution is -0.387. The zero-order valence-corrected chi connectivity index (χ0v) is 9.50. The summed E-state index contributed by atoms with van der Waals surface area (Å²) in [6.07, 6.45) is -1.10. The van der Waals surface area contributed by atoms with Crippen molar-refractivity contribution in [1.29, 1.82) is 0 Å². The van der Waals surface area contributed by atoms with Crippen LogP contribution < -0.4 is 0 Å². The van der Waals surface area contributed by atoms with Crippen LogP contribution in [0.15, 0.2) is 16.7 Å². The van der Waals surface area contributed by atoms with Gasteiger partial charge < -0.3 is 9.63 Å². The van der Waals surface area contributed by atoms with Crippen LogP contribution in [-0.4, -0.2) is 20.2 Å². The highest BCUT2D eigenvalue weighted by Gasteiger charge is 2.26. The molecule has 0 radical (unpaired) electrons. The van der Waals surface area contributed by atoms with Crippen molar-refractivity contribution in [3.63, 3.8) is 0 Å². The summed E-state index contributed by atoms with van der Waals surface area (Å²) < 4.78 is 31.9. The van der Waals surface area contributed by atoms with Crippen molar-refractivity contribution in [2.24, 2.45) is 0 Å². The standard InChI is InChI=1S/C10H7F2N3O4/c1-4(16)9-13-10(19-14-9)7-5(11)2-3-6(8(7)12)15(17)18/h2-4,16H,1H3. The fourth-order valence-electron chi connectivity index (χ4n) is 1.38. The summed E-state index contributed by atoms with van der Waals surface area (Å²) in [5, 5.41) is 23.1. The van der Waals surface area contributed by atoms with Crippen LogP contribution in [-0.2, 0) is 0 Å². The normalized spacial score (nSPS) is 12.4. The number of aliphatic hydroxyl groups is 1. The number of nitro groups is 1. The smallest absolute Gasteiger partial charge is 0.305 e. The molecule has 0 spiro atoms.